The van der Waals surface area contributed by atoms with Crippen LogP contribution in [0.25, 0.3) is 11.0 Å². The van der Waals surface area contributed by atoms with E-state index in [1.54, 1.807) is 7.11 Å². The third-order valence-electron chi connectivity index (χ3n) is 2.25. The van der Waals surface area contributed by atoms with E-state index in [0.717, 1.165) is 23.4 Å². The Kier molecular flexibility index (Phi) is 2.50. The Labute approximate surface area is 83.3 Å². The van der Waals surface area contributed by atoms with Crippen LogP contribution in [0.1, 0.15) is 5.82 Å². The molecule has 0 aliphatic rings. The highest BCUT2D eigenvalue weighted by Crippen LogP contribution is 2.14. The van der Waals surface area contributed by atoms with Gasteiger partial charge in [-0.25, -0.2) is 4.98 Å². The molecule has 0 spiro atoms. The van der Waals surface area contributed by atoms with Gasteiger partial charge in [-0.2, -0.15) is 0 Å². The summed E-state index contributed by atoms with van der Waals surface area (Å²) in [5, 5.41) is 0. The number of nitrogens with zero attached hydrogens (tertiary/aromatic N) is 2. The fourth-order valence-corrected chi connectivity index (χ4v) is 1.56. The fourth-order valence-electron chi connectivity index (χ4n) is 1.56. The summed E-state index contributed by atoms with van der Waals surface area (Å²) < 4.78 is 7.11. The van der Waals surface area contributed by atoms with Crippen molar-refractivity contribution in [2.45, 2.75) is 6.54 Å². The number of hydrogen-bond acceptors (Lipinski definition) is 2. The Morgan fingerprint density at radius 1 is 1.43 bits per heavy atom. The van der Waals surface area contributed by atoms with Crippen molar-refractivity contribution in [1.82, 2.24) is 9.55 Å². The molecule has 1 heterocycles. The molecule has 14 heavy (non-hydrogen) atoms. The van der Waals surface area contributed by atoms with Gasteiger partial charge in [-0.3, -0.25) is 0 Å². The SMILES string of the molecule is [CH2]c1nc2ccccc2n1CCOC. The molecule has 2 aromatic rings. The summed E-state index contributed by atoms with van der Waals surface area (Å²) in [7, 11) is 1.70. The molecule has 1 aromatic heterocycles. The number of imidazole rings is 1. The molecule has 0 unspecified atom stereocenters. The van der Waals surface area contributed by atoms with Gasteiger partial charge in [0.15, 0.2) is 0 Å². The van der Waals surface area contributed by atoms with Gasteiger partial charge in [-0.05, 0) is 12.1 Å². The second kappa shape index (κ2) is 3.80. The highest BCUT2D eigenvalue weighted by atomic mass is 16.5. The molecule has 0 fully saturated rings. The molecule has 0 bridgehead atoms. The zero-order chi connectivity index (χ0) is 9.97. The van der Waals surface area contributed by atoms with Crippen LogP contribution in [0.2, 0.25) is 0 Å². The summed E-state index contributed by atoms with van der Waals surface area (Å²) in [5.41, 5.74) is 2.11. The van der Waals surface area contributed by atoms with Crippen LogP contribution in [0.5, 0.6) is 0 Å². The zero-order valence-corrected chi connectivity index (χ0v) is 8.23. The van der Waals surface area contributed by atoms with Gasteiger partial charge in [0.1, 0.15) is 5.82 Å². The van der Waals surface area contributed by atoms with E-state index in [0.29, 0.717) is 6.61 Å². The summed E-state index contributed by atoms with van der Waals surface area (Å²) in [6.45, 7) is 5.39. The van der Waals surface area contributed by atoms with Gasteiger partial charge < -0.3 is 9.30 Å². The molecule has 0 atom stereocenters. The van der Waals surface area contributed by atoms with Gasteiger partial charge in [0, 0.05) is 20.6 Å². The minimum Gasteiger partial charge on any atom is -0.383 e. The average molecular weight is 189 g/mol. The second-order valence-corrected chi connectivity index (χ2v) is 3.16. The third-order valence-corrected chi connectivity index (χ3v) is 2.25. The smallest absolute Gasteiger partial charge is 0.110 e. The monoisotopic (exact) mass is 189 g/mol. The number of aromatic nitrogens is 2. The molecule has 0 N–H and O–H groups in total. The lowest BCUT2D eigenvalue weighted by Gasteiger charge is -2.04. The Morgan fingerprint density at radius 3 is 3.00 bits per heavy atom. The van der Waals surface area contributed by atoms with Crippen molar-refractivity contribution in [1.29, 1.82) is 0 Å². The maximum Gasteiger partial charge on any atom is 0.110 e. The number of rotatable bonds is 3. The first kappa shape index (κ1) is 9.21. The van der Waals surface area contributed by atoms with Crippen LogP contribution in [0.15, 0.2) is 24.3 Å². The third kappa shape index (κ3) is 1.51. The van der Waals surface area contributed by atoms with Gasteiger partial charge in [0.25, 0.3) is 0 Å². The largest absolute Gasteiger partial charge is 0.383 e. The zero-order valence-electron chi connectivity index (χ0n) is 8.23. The topological polar surface area (TPSA) is 27.1 Å². The first-order valence-electron chi connectivity index (χ1n) is 4.59. The minimum absolute atomic E-state index is 0.683. The van der Waals surface area contributed by atoms with E-state index >= 15 is 0 Å². The fraction of sp³-hybridized carbons (Fsp3) is 0.273. The molecule has 3 nitrogen and oxygen atoms in total. The summed E-state index contributed by atoms with van der Waals surface area (Å²) in [5.74, 6) is 0.795. The Balaban J connectivity index is 2.45. The molecule has 0 saturated heterocycles. The lowest BCUT2D eigenvalue weighted by molar-refractivity contribution is 0.188. The Bertz CT molecular complexity index is 434. The average Bonchev–Trinajstić information content (AvgIpc) is 2.51. The van der Waals surface area contributed by atoms with E-state index in [9.17, 15) is 0 Å². The van der Waals surface area contributed by atoms with Gasteiger partial charge >= 0.3 is 0 Å². The normalized spacial score (nSPS) is 11.0. The van der Waals surface area contributed by atoms with Gasteiger partial charge in [0.05, 0.1) is 17.6 Å². The van der Waals surface area contributed by atoms with Crippen molar-refractivity contribution < 1.29 is 4.74 Å². The molecular formula is C11H13N2O. The van der Waals surface area contributed by atoms with Crippen LogP contribution >= 0.6 is 0 Å². The summed E-state index contributed by atoms with van der Waals surface area (Å²) in [4.78, 5) is 4.36. The second-order valence-electron chi connectivity index (χ2n) is 3.16. The summed E-state index contributed by atoms with van der Waals surface area (Å²) in [6, 6.07) is 8.03. The quantitative estimate of drug-likeness (QED) is 0.737. The summed E-state index contributed by atoms with van der Waals surface area (Å²) in [6.07, 6.45) is 0. The van der Waals surface area contributed by atoms with Crippen molar-refractivity contribution in [3.8, 4) is 0 Å². The van der Waals surface area contributed by atoms with E-state index in [2.05, 4.69) is 16.5 Å². The Morgan fingerprint density at radius 2 is 2.21 bits per heavy atom. The summed E-state index contributed by atoms with van der Waals surface area (Å²) >= 11 is 0. The number of benzene rings is 1. The van der Waals surface area contributed by atoms with E-state index in [1.165, 1.54) is 0 Å². The van der Waals surface area contributed by atoms with Crippen molar-refractivity contribution in [2.24, 2.45) is 0 Å². The predicted octanol–water partition coefficient (Wildman–Crippen LogP) is 1.86. The number of hydrogen-bond donors (Lipinski definition) is 0. The van der Waals surface area contributed by atoms with Crippen LogP contribution in [-0.2, 0) is 11.3 Å². The highest BCUT2D eigenvalue weighted by molar-refractivity contribution is 5.76. The highest BCUT2D eigenvalue weighted by Gasteiger charge is 2.05. The lowest BCUT2D eigenvalue weighted by Crippen LogP contribution is -2.05. The molecule has 0 aliphatic heterocycles. The van der Waals surface area contributed by atoms with Crippen molar-refractivity contribution in [3.63, 3.8) is 0 Å². The minimum atomic E-state index is 0.683. The molecule has 0 saturated carbocycles. The number of fused-ring (bicyclic) bond motifs is 1. The lowest BCUT2D eigenvalue weighted by atomic mass is 10.3. The van der Waals surface area contributed by atoms with E-state index in [-0.39, 0.29) is 0 Å². The molecule has 2 rings (SSSR count). The maximum absolute atomic E-state index is 5.04. The number of ether oxygens (including phenoxy) is 1. The first-order chi connectivity index (χ1) is 6.83. The molecule has 3 heteroatoms. The van der Waals surface area contributed by atoms with Gasteiger partial charge in [-0.1, -0.05) is 12.1 Å². The number of methoxy groups -OCH3 is 1. The molecule has 73 valence electrons. The van der Waals surface area contributed by atoms with E-state index in [4.69, 9.17) is 4.74 Å². The molecular weight excluding hydrogens is 176 g/mol. The van der Waals surface area contributed by atoms with Crippen LogP contribution < -0.4 is 0 Å². The van der Waals surface area contributed by atoms with Crippen molar-refractivity contribution in [2.75, 3.05) is 13.7 Å². The molecule has 1 radical (unpaired) electrons. The molecule has 0 aliphatic carbocycles. The number of para-hydroxylation sites is 2. The molecule has 1 aromatic carbocycles. The maximum atomic E-state index is 5.04. The van der Waals surface area contributed by atoms with Crippen LogP contribution in [0, 0.1) is 6.92 Å². The van der Waals surface area contributed by atoms with Crippen LogP contribution in [0.3, 0.4) is 0 Å². The first-order valence-corrected chi connectivity index (χ1v) is 4.59. The van der Waals surface area contributed by atoms with Crippen LogP contribution in [-0.4, -0.2) is 23.3 Å². The van der Waals surface area contributed by atoms with Crippen LogP contribution in [0.4, 0.5) is 0 Å². The van der Waals surface area contributed by atoms with E-state index < -0.39 is 0 Å². The Hall–Kier alpha value is -1.35. The standard InChI is InChI=1S/C11H13N2O/c1-9-12-10-5-3-4-6-11(10)13(9)7-8-14-2/h3-6H,1,7-8H2,2H3. The predicted molar refractivity (Wildman–Crippen MR) is 56.1 cm³/mol. The van der Waals surface area contributed by atoms with Gasteiger partial charge in [0.2, 0.25) is 0 Å². The van der Waals surface area contributed by atoms with E-state index in [1.807, 2.05) is 24.3 Å². The van der Waals surface area contributed by atoms with Crippen molar-refractivity contribution in [3.05, 3.63) is 37.0 Å². The van der Waals surface area contributed by atoms with Crippen molar-refractivity contribution >= 4 is 11.0 Å². The molecule has 0 amide bonds. The van der Waals surface area contributed by atoms with Gasteiger partial charge in [-0.15, -0.1) is 0 Å².